The van der Waals surface area contributed by atoms with E-state index in [9.17, 15) is 22.4 Å². The molecule has 1 saturated carbocycles. The SMILES string of the molecule is COC1C(S(=O)(=O)C(=[N+]=[N-])C2CCCC2)=CC=CC1=S(=O)=O. The van der Waals surface area contributed by atoms with Crippen molar-refractivity contribution < 1.29 is 26.4 Å². The lowest BCUT2D eigenvalue weighted by molar-refractivity contribution is -0.00733. The van der Waals surface area contributed by atoms with Crippen LogP contribution in [-0.2, 0) is 24.9 Å². The van der Waals surface area contributed by atoms with Crippen LogP contribution in [0.15, 0.2) is 23.1 Å². The molecular formula is C13H16N2O5S2. The minimum absolute atomic E-state index is 0.174. The van der Waals surface area contributed by atoms with Gasteiger partial charge in [-0.2, -0.15) is 13.2 Å². The predicted molar refractivity (Wildman–Crippen MR) is 81.5 cm³/mol. The van der Waals surface area contributed by atoms with Crippen molar-refractivity contribution in [2.75, 3.05) is 7.11 Å². The Bertz CT molecular complexity index is 800. The van der Waals surface area contributed by atoms with Crippen LogP contribution in [0.5, 0.6) is 0 Å². The van der Waals surface area contributed by atoms with E-state index in [0.717, 1.165) is 12.8 Å². The molecule has 0 aliphatic heterocycles. The first-order chi connectivity index (χ1) is 10.4. The fourth-order valence-electron chi connectivity index (χ4n) is 2.81. The Morgan fingerprint density at radius 3 is 2.50 bits per heavy atom. The molecule has 120 valence electrons. The Kier molecular flexibility index (Phi) is 5.12. The zero-order valence-electron chi connectivity index (χ0n) is 12.0. The Morgan fingerprint density at radius 1 is 1.36 bits per heavy atom. The molecule has 1 atom stereocenters. The van der Waals surface area contributed by atoms with Crippen molar-refractivity contribution in [3.8, 4) is 0 Å². The molecule has 0 bridgehead atoms. The topological polar surface area (TPSA) is 114 Å². The molecule has 0 N–H and O–H groups in total. The Labute approximate surface area is 130 Å². The standard InChI is InChI=1S/C13H16N2O5S2/c1-20-12-10(21(16)17)7-4-8-11(12)22(18,19)13(15-14)9-5-2-3-6-9/h4,7-9,12H,2-3,5-6H2,1H3. The zero-order valence-corrected chi connectivity index (χ0v) is 13.6. The molecule has 1 fully saturated rings. The summed E-state index contributed by atoms with van der Waals surface area (Å²) in [4.78, 5) is 2.60. The fourth-order valence-corrected chi connectivity index (χ4v) is 5.26. The van der Waals surface area contributed by atoms with Crippen LogP contribution in [0.25, 0.3) is 5.53 Å². The molecule has 0 amide bonds. The summed E-state index contributed by atoms with van der Waals surface area (Å²) in [6, 6.07) is 0. The van der Waals surface area contributed by atoms with E-state index >= 15 is 0 Å². The summed E-state index contributed by atoms with van der Waals surface area (Å²) in [5.74, 6) is -0.347. The lowest BCUT2D eigenvalue weighted by atomic mass is 10.1. The summed E-state index contributed by atoms with van der Waals surface area (Å²) < 4.78 is 53.0. The van der Waals surface area contributed by atoms with E-state index in [-0.39, 0.29) is 20.7 Å². The highest BCUT2D eigenvalue weighted by Crippen LogP contribution is 2.31. The first kappa shape index (κ1) is 16.8. The second kappa shape index (κ2) is 6.70. The molecule has 2 aliphatic rings. The van der Waals surface area contributed by atoms with Gasteiger partial charge in [-0.05, 0) is 25.0 Å². The lowest BCUT2D eigenvalue weighted by Crippen LogP contribution is -2.35. The minimum atomic E-state index is -4.09. The van der Waals surface area contributed by atoms with E-state index in [1.165, 1.54) is 25.3 Å². The number of methoxy groups -OCH3 is 1. The maximum absolute atomic E-state index is 12.8. The van der Waals surface area contributed by atoms with Crippen LogP contribution in [0, 0.1) is 5.92 Å². The molecule has 0 aromatic rings. The first-order valence-electron chi connectivity index (χ1n) is 6.77. The normalized spacial score (nSPS) is 22.3. The molecule has 7 nitrogen and oxygen atoms in total. The summed E-state index contributed by atoms with van der Waals surface area (Å²) in [6.07, 6.45) is 5.65. The Balaban J connectivity index is 2.52. The third kappa shape index (κ3) is 2.98. The van der Waals surface area contributed by atoms with Crippen LogP contribution in [0.4, 0.5) is 0 Å². The van der Waals surface area contributed by atoms with Gasteiger partial charge in [-0.3, -0.25) is 0 Å². The zero-order chi connectivity index (χ0) is 16.3. The van der Waals surface area contributed by atoms with Crippen molar-refractivity contribution in [2.24, 2.45) is 5.92 Å². The molecule has 2 rings (SSSR count). The van der Waals surface area contributed by atoms with Crippen molar-refractivity contribution in [1.82, 2.24) is 0 Å². The highest BCUT2D eigenvalue weighted by molar-refractivity contribution is 8.09. The number of rotatable bonds is 3. The molecule has 0 aromatic carbocycles. The van der Waals surface area contributed by atoms with E-state index in [4.69, 9.17) is 4.74 Å². The average Bonchev–Trinajstić information content (AvgIpc) is 3.00. The quantitative estimate of drug-likeness (QED) is 0.246. The van der Waals surface area contributed by atoms with Crippen molar-refractivity contribution in [3.63, 3.8) is 0 Å². The molecule has 1 unspecified atom stereocenters. The van der Waals surface area contributed by atoms with Gasteiger partial charge in [0.1, 0.15) is 11.0 Å². The number of hydrogen-bond acceptors (Lipinski definition) is 5. The van der Waals surface area contributed by atoms with Gasteiger partial charge >= 0.3 is 5.04 Å². The second-order valence-electron chi connectivity index (χ2n) is 5.10. The highest BCUT2D eigenvalue weighted by Gasteiger charge is 2.44. The van der Waals surface area contributed by atoms with Gasteiger partial charge < -0.3 is 10.3 Å². The minimum Gasteiger partial charge on any atom is -0.370 e. The highest BCUT2D eigenvalue weighted by atomic mass is 32.2. The fraction of sp³-hybridized carbons (Fsp3) is 0.538. The average molecular weight is 344 g/mol. The lowest BCUT2D eigenvalue weighted by Gasteiger charge is -2.19. The van der Waals surface area contributed by atoms with Crippen molar-refractivity contribution in [1.29, 1.82) is 0 Å². The van der Waals surface area contributed by atoms with Crippen molar-refractivity contribution in [2.45, 2.75) is 31.8 Å². The van der Waals surface area contributed by atoms with Gasteiger partial charge in [0, 0.05) is 7.11 Å². The smallest absolute Gasteiger partial charge is 0.370 e. The van der Waals surface area contributed by atoms with Gasteiger partial charge in [0.2, 0.25) is 10.3 Å². The summed E-state index contributed by atoms with van der Waals surface area (Å²) in [6.45, 7) is 0. The van der Waals surface area contributed by atoms with Crippen LogP contribution in [0.2, 0.25) is 0 Å². The van der Waals surface area contributed by atoms with Gasteiger partial charge in [-0.1, -0.05) is 18.9 Å². The monoisotopic (exact) mass is 344 g/mol. The van der Waals surface area contributed by atoms with Gasteiger partial charge in [-0.25, -0.2) is 8.42 Å². The summed E-state index contributed by atoms with van der Waals surface area (Å²) >= 11 is 0. The van der Waals surface area contributed by atoms with Crippen molar-refractivity contribution >= 4 is 30.0 Å². The van der Waals surface area contributed by atoms with E-state index in [1.807, 2.05) is 0 Å². The maximum Gasteiger partial charge on any atom is 0.388 e. The number of allylic oxidation sites excluding steroid dienone is 2. The largest absolute Gasteiger partial charge is 0.388 e. The van der Waals surface area contributed by atoms with E-state index in [1.54, 1.807) is 0 Å². The van der Waals surface area contributed by atoms with E-state index in [0.29, 0.717) is 12.8 Å². The summed E-state index contributed by atoms with van der Waals surface area (Å²) in [7, 11) is -5.47. The van der Waals surface area contributed by atoms with Crippen LogP contribution in [0.3, 0.4) is 0 Å². The molecule has 0 radical (unpaired) electrons. The number of ether oxygens (including phenoxy) is 1. The third-order valence-corrected chi connectivity index (χ3v) is 6.53. The van der Waals surface area contributed by atoms with Crippen LogP contribution in [-0.4, -0.2) is 44.7 Å². The van der Waals surface area contributed by atoms with Crippen LogP contribution < -0.4 is 0 Å². The van der Waals surface area contributed by atoms with Crippen LogP contribution in [0.1, 0.15) is 25.7 Å². The van der Waals surface area contributed by atoms with Gasteiger partial charge in [0.25, 0.3) is 9.84 Å². The molecule has 2 aliphatic carbocycles. The Morgan fingerprint density at radius 2 is 2.00 bits per heavy atom. The van der Waals surface area contributed by atoms with Gasteiger partial charge in [-0.15, -0.1) is 0 Å². The molecular weight excluding hydrogens is 328 g/mol. The summed E-state index contributed by atoms with van der Waals surface area (Å²) in [5, 5.41) is -0.315. The predicted octanol–water partition coefficient (Wildman–Crippen LogP) is 0.740. The third-order valence-electron chi connectivity index (χ3n) is 3.85. The van der Waals surface area contributed by atoms with E-state index in [2.05, 4.69) is 4.79 Å². The molecule has 0 heterocycles. The molecule has 0 aromatic heterocycles. The molecule has 22 heavy (non-hydrogen) atoms. The number of hydrogen-bond donors (Lipinski definition) is 0. The second-order valence-corrected chi connectivity index (χ2v) is 7.94. The van der Waals surface area contributed by atoms with Gasteiger partial charge in [0.15, 0.2) is 0 Å². The summed E-state index contributed by atoms with van der Waals surface area (Å²) in [5.41, 5.74) is 9.18. The van der Waals surface area contributed by atoms with Crippen molar-refractivity contribution in [3.05, 3.63) is 28.7 Å². The number of sulfone groups is 1. The first-order valence-corrected chi connectivity index (χ1v) is 9.33. The van der Waals surface area contributed by atoms with Gasteiger partial charge in [0.05, 0.1) is 10.8 Å². The maximum atomic E-state index is 12.8. The number of nitrogens with zero attached hydrogens (tertiary/aromatic N) is 2. The Hall–Kier alpha value is -1.54. The van der Waals surface area contributed by atoms with Crippen LogP contribution >= 0.6 is 0 Å². The molecule has 0 saturated heterocycles. The van der Waals surface area contributed by atoms with E-state index < -0.39 is 26.2 Å². The molecule has 0 spiro atoms. The molecule has 9 heteroatoms.